The summed E-state index contributed by atoms with van der Waals surface area (Å²) in [5.74, 6) is -2.16. The summed E-state index contributed by atoms with van der Waals surface area (Å²) in [5, 5.41) is 36.5. The van der Waals surface area contributed by atoms with Crippen molar-refractivity contribution in [1.29, 1.82) is 0 Å². The van der Waals surface area contributed by atoms with Gasteiger partial charge < -0.3 is 35.1 Å². The number of carbonyl (C=O) groups is 5. The van der Waals surface area contributed by atoms with E-state index in [4.69, 9.17) is 9.47 Å². The molecule has 3 saturated carbocycles. The molecule has 4 aliphatic carbocycles. The molecule has 3 fully saturated rings. The summed E-state index contributed by atoms with van der Waals surface area (Å²) in [4.78, 5) is 65.5. The van der Waals surface area contributed by atoms with Crippen LogP contribution in [-0.2, 0) is 30.3 Å². The molecule has 1 aromatic heterocycles. The van der Waals surface area contributed by atoms with Crippen molar-refractivity contribution in [1.82, 2.24) is 10.3 Å². The largest absolute Gasteiger partial charge is 0.497 e. The summed E-state index contributed by atoms with van der Waals surface area (Å²) in [5.41, 5.74) is -0.650. The van der Waals surface area contributed by atoms with E-state index in [1.54, 1.807) is 24.3 Å². The fourth-order valence-electron chi connectivity index (χ4n) is 9.91. The first-order chi connectivity index (χ1) is 23.2. The third-order valence-electron chi connectivity index (χ3n) is 12.5. The number of Topliss-reactive ketones (excluding diaryl/α,β-unsaturated/α-hetero) is 1. The molecule has 5 N–H and O–H groups in total. The zero-order valence-electron chi connectivity index (χ0n) is 28.3. The van der Waals surface area contributed by atoms with E-state index in [1.165, 1.54) is 7.11 Å². The van der Waals surface area contributed by atoms with Gasteiger partial charge in [-0.15, -0.1) is 0 Å². The van der Waals surface area contributed by atoms with Crippen LogP contribution < -0.4 is 10.1 Å². The summed E-state index contributed by atoms with van der Waals surface area (Å²) in [6.07, 6.45) is 4.57. The number of carboxylic acids is 1. The molecule has 1 heterocycles. The Labute approximate surface area is 284 Å². The number of carboxylic acid groups (broad SMARTS) is 1. The maximum Gasteiger partial charge on any atom is 0.352 e. The maximum absolute atomic E-state index is 13.5. The molecule has 264 valence electrons. The number of benzene rings is 1. The minimum Gasteiger partial charge on any atom is -0.497 e. The monoisotopic (exact) mass is 678 g/mol. The van der Waals surface area contributed by atoms with Gasteiger partial charge in [-0.05, 0) is 98.0 Å². The second-order valence-electron chi connectivity index (χ2n) is 14.9. The molecule has 12 nitrogen and oxygen atoms in total. The van der Waals surface area contributed by atoms with Crippen molar-refractivity contribution < 1.29 is 48.8 Å². The number of aliphatic hydroxyl groups excluding tert-OH is 1. The van der Waals surface area contributed by atoms with Crippen LogP contribution in [0.2, 0.25) is 0 Å². The number of aliphatic hydroxyl groups is 2. The third-order valence-corrected chi connectivity index (χ3v) is 12.5. The van der Waals surface area contributed by atoms with E-state index in [1.807, 2.05) is 6.92 Å². The zero-order valence-corrected chi connectivity index (χ0v) is 28.3. The molecule has 0 saturated heterocycles. The fraction of sp³-hybridized carbons (Fsp3) is 0.595. The molecule has 0 bridgehead atoms. The second kappa shape index (κ2) is 13.0. The average molecular weight is 679 g/mol. The van der Waals surface area contributed by atoms with Crippen molar-refractivity contribution in [2.24, 2.45) is 28.6 Å². The normalized spacial score (nSPS) is 32.0. The topological polar surface area (TPSA) is 192 Å². The van der Waals surface area contributed by atoms with Gasteiger partial charge >= 0.3 is 11.9 Å². The maximum atomic E-state index is 13.5. The van der Waals surface area contributed by atoms with E-state index < -0.39 is 47.4 Å². The number of amides is 1. The highest BCUT2D eigenvalue weighted by Crippen LogP contribution is 2.67. The lowest BCUT2D eigenvalue weighted by atomic mass is 9.45. The third kappa shape index (κ3) is 5.96. The molecule has 0 spiro atoms. The van der Waals surface area contributed by atoms with Crippen molar-refractivity contribution in [2.75, 3.05) is 20.3 Å². The number of fused-ring (bicyclic) bond motifs is 6. The molecule has 12 heteroatoms. The Morgan fingerprint density at radius 1 is 1.08 bits per heavy atom. The number of allylic oxidation sites excluding steroid dienone is 1. The van der Waals surface area contributed by atoms with Gasteiger partial charge in [-0.1, -0.05) is 19.4 Å². The first-order valence-corrected chi connectivity index (χ1v) is 17.2. The zero-order chi connectivity index (χ0) is 35.3. The summed E-state index contributed by atoms with van der Waals surface area (Å²) in [6.45, 7) is 3.53. The number of ketones is 2. The number of esters is 1. The molecule has 7 atom stereocenters. The van der Waals surface area contributed by atoms with Gasteiger partial charge in [-0.2, -0.15) is 0 Å². The Morgan fingerprint density at radius 2 is 1.86 bits per heavy atom. The Hall–Kier alpha value is -4.03. The quantitative estimate of drug-likeness (QED) is 0.219. The number of carbonyl (C=O) groups excluding carboxylic acids is 4. The minimum absolute atomic E-state index is 0.00288. The number of nitrogens with one attached hydrogen (secondary N) is 2. The second-order valence-corrected chi connectivity index (χ2v) is 14.9. The fourth-order valence-corrected chi connectivity index (χ4v) is 9.91. The van der Waals surface area contributed by atoms with Crippen molar-refractivity contribution in [3.8, 4) is 5.75 Å². The van der Waals surface area contributed by atoms with E-state index in [0.717, 1.165) is 18.4 Å². The predicted octanol–water partition coefficient (Wildman–Crippen LogP) is 3.66. The van der Waals surface area contributed by atoms with Gasteiger partial charge in [0.2, 0.25) is 11.7 Å². The highest BCUT2D eigenvalue weighted by atomic mass is 16.5. The van der Waals surface area contributed by atoms with Crippen LogP contribution in [0.25, 0.3) is 10.9 Å². The lowest BCUT2D eigenvalue weighted by Crippen LogP contribution is -2.62. The molecular weight excluding hydrogens is 632 g/mol. The van der Waals surface area contributed by atoms with Gasteiger partial charge in [0, 0.05) is 35.7 Å². The SMILES string of the molecule is COc1ccc2[nH]c(C(=O)O)c(CCNC(=O)CCC(=O)OCC(=O)[C@@]3(O)CCC4C5CCC6=CC(=O)CC[C@]6(C)C5C(O)C[C@@]43C)c2c1. The number of aromatic amines is 1. The first-order valence-electron chi connectivity index (χ1n) is 17.2. The van der Waals surface area contributed by atoms with Crippen LogP contribution in [0.1, 0.15) is 87.7 Å². The van der Waals surface area contributed by atoms with Gasteiger partial charge in [-0.3, -0.25) is 19.2 Å². The van der Waals surface area contributed by atoms with E-state index >= 15 is 0 Å². The smallest absolute Gasteiger partial charge is 0.352 e. The number of H-pyrrole nitrogens is 1. The number of ether oxygens (including phenoxy) is 2. The van der Waals surface area contributed by atoms with Crippen molar-refractivity contribution in [2.45, 2.75) is 89.8 Å². The highest BCUT2D eigenvalue weighted by Gasteiger charge is 2.68. The number of aromatic nitrogens is 1. The van der Waals surface area contributed by atoms with E-state index in [-0.39, 0.29) is 73.3 Å². The summed E-state index contributed by atoms with van der Waals surface area (Å²) < 4.78 is 10.5. The lowest BCUT2D eigenvalue weighted by Gasteiger charge is -2.60. The standard InChI is InChI=1S/C37H46N2O10/c1-35-13-10-21(40)16-20(35)4-6-24-26-11-14-37(47,36(26,2)18-28(41)32(24)35)29(42)19-49-31(44)9-8-30(43)38-15-12-23-25-17-22(48-3)5-7-27(25)39-33(23)34(45)46/h5,7,16-17,24,26,28,32,39,41,47H,4,6,8-15,18-19H2,1-3H3,(H,38,43)(H,45,46)/t24?,26?,28?,32?,35-,36-,37-/m0/s1. The van der Waals surface area contributed by atoms with Gasteiger partial charge in [0.05, 0.1) is 19.6 Å². The highest BCUT2D eigenvalue weighted by molar-refractivity contribution is 5.98. The Balaban J connectivity index is 1.01. The average Bonchev–Trinajstić information content (AvgIpc) is 3.56. The number of rotatable bonds is 11. The first kappa shape index (κ1) is 34.8. The number of aromatic carboxylic acids is 1. The minimum atomic E-state index is -1.76. The van der Waals surface area contributed by atoms with Gasteiger partial charge in [-0.25, -0.2) is 4.79 Å². The van der Waals surface area contributed by atoms with Crippen LogP contribution in [0.15, 0.2) is 29.8 Å². The molecule has 2 aromatic rings. The van der Waals surface area contributed by atoms with Gasteiger partial charge in [0.25, 0.3) is 0 Å². The van der Waals surface area contributed by atoms with Crippen LogP contribution >= 0.6 is 0 Å². The summed E-state index contributed by atoms with van der Waals surface area (Å²) >= 11 is 0. The van der Waals surface area contributed by atoms with Crippen LogP contribution in [0.3, 0.4) is 0 Å². The number of hydrogen-bond acceptors (Lipinski definition) is 9. The van der Waals surface area contributed by atoms with Gasteiger partial charge in [0.15, 0.2) is 12.4 Å². The molecule has 6 rings (SSSR count). The van der Waals surface area contributed by atoms with Crippen molar-refractivity contribution in [3.63, 3.8) is 0 Å². The molecule has 0 aliphatic heterocycles. The molecular formula is C37H46N2O10. The van der Waals surface area contributed by atoms with Gasteiger partial charge in [0.1, 0.15) is 17.0 Å². The number of methoxy groups -OCH3 is 1. The lowest BCUT2D eigenvalue weighted by molar-refractivity contribution is -0.184. The Bertz CT molecular complexity index is 1730. The Kier molecular flexibility index (Phi) is 9.25. The van der Waals surface area contributed by atoms with E-state index in [2.05, 4.69) is 17.2 Å². The van der Waals surface area contributed by atoms with E-state index in [9.17, 15) is 39.3 Å². The number of hydrogen-bond donors (Lipinski definition) is 5. The summed E-state index contributed by atoms with van der Waals surface area (Å²) in [6, 6.07) is 5.17. The van der Waals surface area contributed by atoms with Crippen LogP contribution in [0.4, 0.5) is 0 Å². The van der Waals surface area contributed by atoms with Crippen molar-refractivity contribution in [3.05, 3.63) is 41.1 Å². The molecule has 0 radical (unpaired) electrons. The molecule has 1 amide bonds. The van der Waals surface area contributed by atoms with Crippen molar-refractivity contribution >= 4 is 40.3 Å². The molecule has 4 aliphatic rings. The molecule has 4 unspecified atom stereocenters. The molecule has 1 aromatic carbocycles. The predicted molar refractivity (Wildman–Crippen MR) is 177 cm³/mol. The molecule has 49 heavy (non-hydrogen) atoms. The Morgan fingerprint density at radius 3 is 2.59 bits per heavy atom. The summed E-state index contributed by atoms with van der Waals surface area (Å²) in [7, 11) is 1.51. The van der Waals surface area contributed by atoms with Crippen LogP contribution in [-0.4, -0.2) is 81.7 Å². The van der Waals surface area contributed by atoms with Crippen LogP contribution in [0.5, 0.6) is 5.75 Å². The van der Waals surface area contributed by atoms with E-state index in [0.29, 0.717) is 41.5 Å². The van der Waals surface area contributed by atoms with Crippen LogP contribution in [0, 0.1) is 28.6 Å².